The van der Waals surface area contributed by atoms with E-state index in [9.17, 15) is 14.3 Å². The van der Waals surface area contributed by atoms with Crippen molar-refractivity contribution in [2.24, 2.45) is 5.73 Å². The molecular weight excluding hydrogens is 275 g/mol. The second-order valence-corrected chi connectivity index (χ2v) is 5.11. The molecule has 116 valence electrons. The topological polar surface area (TPSA) is 75.8 Å². The van der Waals surface area contributed by atoms with Crippen molar-refractivity contribution in [3.05, 3.63) is 29.6 Å². The van der Waals surface area contributed by atoms with Crippen LogP contribution in [0.25, 0.3) is 0 Å². The van der Waals surface area contributed by atoms with Crippen LogP contribution < -0.4 is 10.5 Å². The Hall–Kier alpha value is -1.66. The van der Waals surface area contributed by atoms with Crippen LogP contribution in [0.15, 0.2) is 18.2 Å². The Morgan fingerprint density at radius 1 is 1.52 bits per heavy atom. The predicted molar refractivity (Wildman–Crippen MR) is 76.7 cm³/mol. The summed E-state index contributed by atoms with van der Waals surface area (Å²) in [6.45, 7) is 1.36. The quantitative estimate of drug-likeness (QED) is 0.772. The number of amides is 1. The van der Waals surface area contributed by atoms with E-state index in [0.717, 1.165) is 12.8 Å². The van der Waals surface area contributed by atoms with Gasteiger partial charge in [0.2, 0.25) is 0 Å². The van der Waals surface area contributed by atoms with E-state index in [1.807, 2.05) is 0 Å². The van der Waals surface area contributed by atoms with Crippen molar-refractivity contribution in [1.29, 1.82) is 0 Å². The van der Waals surface area contributed by atoms with E-state index < -0.39 is 5.82 Å². The molecule has 3 N–H and O–H groups in total. The van der Waals surface area contributed by atoms with Gasteiger partial charge >= 0.3 is 0 Å². The Balaban J connectivity index is 2.20. The van der Waals surface area contributed by atoms with E-state index in [0.29, 0.717) is 31.9 Å². The smallest absolute Gasteiger partial charge is 0.258 e. The molecule has 0 bridgehead atoms. The van der Waals surface area contributed by atoms with Gasteiger partial charge in [0.05, 0.1) is 24.8 Å². The third-order valence-electron chi connectivity index (χ3n) is 3.63. The van der Waals surface area contributed by atoms with Gasteiger partial charge < -0.3 is 20.5 Å². The van der Waals surface area contributed by atoms with Gasteiger partial charge in [0.15, 0.2) is 0 Å². The van der Waals surface area contributed by atoms with Crippen LogP contribution in [0.5, 0.6) is 5.75 Å². The lowest BCUT2D eigenvalue weighted by atomic mass is 10.1. The summed E-state index contributed by atoms with van der Waals surface area (Å²) in [4.78, 5) is 14.2. The summed E-state index contributed by atoms with van der Waals surface area (Å²) in [6.07, 6.45) is 2.27. The first kappa shape index (κ1) is 15.7. The van der Waals surface area contributed by atoms with Crippen molar-refractivity contribution in [3.8, 4) is 5.75 Å². The third-order valence-corrected chi connectivity index (χ3v) is 3.63. The molecule has 6 heteroatoms. The van der Waals surface area contributed by atoms with Gasteiger partial charge in [-0.3, -0.25) is 4.79 Å². The molecule has 1 aromatic carbocycles. The summed E-state index contributed by atoms with van der Waals surface area (Å²) >= 11 is 0. The second-order valence-electron chi connectivity index (χ2n) is 5.11. The van der Waals surface area contributed by atoms with E-state index in [1.54, 1.807) is 4.90 Å². The molecule has 1 fully saturated rings. The minimum Gasteiger partial charge on any atom is -0.493 e. The first-order valence-electron chi connectivity index (χ1n) is 7.21. The van der Waals surface area contributed by atoms with Crippen molar-refractivity contribution < 1.29 is 19.0 Å². The lowest BCUT2D eigenvalue weighted by molar-refractivity contribution is 0.0672. The fourth-order valence-corrected chi connectivity index (χ4v) is 2.51. The number of aliphatic hydroxyl groups is 1. The van der Waals surface area contributed by atoms with Crippen LogP contribution in [0.4, 0.5) is 4.39 Å². The van der Waals surface area contributed by atoms with Crippen molar-refractivity contribution in [1.82, 2.24) is 4.90 Å². The van der Waals surface area contributed by atoms with Gasteiger partial charge in [-0.2, -0.15) is 0 Å². The average molecular weight is 296 g/mol. The molecule has 0 unspecified atom stereocenters. The highest BCUT2D eigenvalue weighted by atomic mass is 19.1. The fourth-order valence-electron chi connectivity index (χ4n) is 2.51. The number of carbonyl (C=O) groups is 1. The SMILES string of the molecule is NCCCOc1ccc(F)cc1C(=O)N1CCC[C@@H]1CO. The van der Waals surface area contributed by atoms with Gasteiger partial charge in [-0.1, -0.05) is 0 Å². The lowest BCUT2D eigenvalue weighted by Crippen LogP contribution is -2.37. The number of aliphatic hydroxyl groups excluding tert-OH is 1. The molecule has 0 spiro atoms. The van der Waals surface area contributed by atoms with Crippen LogP contribution in [0.3, 0.4) is 0 Å². The Morgan fingerprint density at radius 2 is 2.33 bits per heavy atom. The molecule has 0 aliphatic carbocycles. The van der Waals surface area contributed by atoms with Gasteiger partial charge in [0.1, 0.15) is 11.6 Å². The normalized spacial score (nSPS) is 18.0. The van der Waals surface area contributed by atoms with E-state index in [-0.39, 0.29) is 24.1 Å². The zero-order chi connectivity index (χ0) is 15.2. The lowest BCUT2D eigenvalue weighted by Gasteiger charge is -2.24. The molecule has 1 atom stereocenters. The second kappa shape index (κ2) is 7.38. The summed E-state index contributed by atoms with van der Waals surface area (Å²) in [5.74, 6) is -0.420. The number of benzene rings is 1. The van der Waals surface area contributed by atoms with Gasteiger partial charge in [0, 0.05) is 6.54 Å². The fraction of sp³-hybridized carbons (Fsp3) is 0.533. The van der Waals surface area contributed by atoms with Crippen LogP contribution in [0, 0.1) is 5.82 Å². The van der Waals surface area contributed by atoms with Gasteiger partial charge in [-0.05, 0) is 44.0 Å². The maximum atomic E-state index is 13.5. The highest BCUT2D eigenvalue weighted by molar-refractivity contribution is 5.97. The highest BCUT2D eigenvalue weighted by Crippen LogP contribution is 2.26. The van der Waals surface area contributed by atoms with E-state index in [1.165, 1.54) is 18.2 Å². The molecule has 1 aromatic rings. The molecule has 5 nitrogen and oxygen atoms in total. The maximum Gasteiger partial charge on any atom is 0.258 e. The van der Waals surface area contributed by atoms with Crippen molar-refractivity contribution >= 4 is 5.91 Å². The minimum absolute atomic E-state index is 0.0789. The van der Waals surface area contributed by atoms with Gasteiger partial charge in [-0.15, -0.1) is 0 Å². The predicted octanol–water partition coefficient (Wildman–Crippen LogP) is 1.15. The summed E-state index contributed by atoms with van der Waals surface area (Å²) < 4.78 is 19.0. The Bertz CT molecular complexity index is 496. The van der Waals surface area contributed by atoms with Crippen LogP contribution in [0.2, 0.25) is 0 Å². The zero-order valence-electron chi connectivity index (χ0n) is 11.9. The molecule has 0 radical (unpaired) electrons. The summed E-state index contributed by atoms with van der Waals surface area (Å²) in [5.41, 5.74) is 5.61. The molecule has 1 heterocycles. The largest absolute Gasteiger partial charge is 0.493 e. The molecular formula is C15H21FN2O3. The molecule has 1 amide bonds. The first-order chi connectivity index (χ1) is 10.2. The molecule has 0 aromatic heterocycles. The van der Waals surface area contributed by atoms with Gasteiger partial charge in [0.25, 0.3) is 5.91 Å². The van der Waals surface area contributed by atoms with Crippen molar-refractivity contribution in [3.63, 3.8) is 0 Å². The van der Waals surface area contributed by atoms with E-state index in [4.69, 9.17) is 10.5 Å². The van der Waals surface area contributed by atoms with Crippen molar-refractivity contribution in [2.45, 2.75) is 25.3 Å². The van der Waals surface area contributed by atoms with Crippen LogP contribution in [-0.4, -0.2) is 48.3 Å². The number of hydrogen-bond acceptors (Lipinski definition) is 4. The maximum absolute atomic E-state index is 13.5. The standard InChI is InChI=1S/C15H21FN2O3/c16-11-4-5-14(21-8-2-6-17)13(9-11)15(20)18-7-1-3-12(18)10-19/h4-5,9,12,19H,1-3,6-8,10,17H2/t12-/m1/s1. The third kappa shape index (κ3) is 3.71. The Morgan fingerprint density at radius 3 is 3.05 bits per heavy atom. The van der Waals surface area contributed by atoms with E-state index >= 15 is 0 Å². The zero-order valence-corrected chi connectivity index (χ0v) is 11.9. The monoisotopic (exact) mass is 296 g/mol. The van der Waals surface area contributed by atoms with Crippen LogP contribution in [-0.2, 0) is 0 Å². The summed E-state index contributed by atoms with van der Waals surface area (Å²) in [5, 5.41) is 9.32. The van der Waals surface area contributed by atoms with Crippen LogP contribution >= 0.6 is 0 Å². The molecule has 0 saturated carbocycles. The highest BCUT2D eigenvalue weighted by Gasteiger charge is 2.30. The molecule has 1 aliphatic rings. The Kier molecular flexibility index (Phi) is 5.52. The molecule has 1 saturated heterocycles. The van der Waals surface area contributed by atoms with Crippen molar-refractivity contribution in [2.75, 3.05) is 26.3 Å². The minimum atomic E-state index is -0.482. The van der Waals surface area contributed by atoms with Crippen LogP contribution in [0.1, 0.15) is 29.6 Å². The molecule has 2 rings (SSSR count). The van der Waals surface area contributed by atoms with E-state index in [2.05, 4.69) is 0 Å². The summed E-state index contributed by atoms with van der Waals surface area (Å²) in [7, 11) is 0. The Labute approximate surface area is 123 Å². The molecule has 21 heavy (non-hydrogen) atoms. The average Bonchev–Trinajstić information content (AvgIpc) is 2.96. The number of hydrogen-bond donors (Lipinski definition) is 2. The number of ether oxygens (including phenoxy) is 1. The number of halogens is 1. The molecule has 1 aliphatic heterocycles. The number of nitrogens with two attached hydrogens (primary N) is 1. The number of nitrogens with zero attached hydrogens (tertiary/aromatic N) is 1. The van der Waals surface area contributed by atoms with Gasteiger partial charge in [-0.25, -0.2) is 4.39 Å². The number of carbonyl (C=O) groups excluding carboxylic acids is 1. The summed E-state index contributed by atoms with van der Waals surface area (Å²) in [6, 6.07) is 3.72. The first-order valence-corrected chi connectivity index (χ1v) is 7.21. The number of likely N-dealkylation sites (tertiary alicyclic amines) is 1. The number of rotatable bonds is 6.